The van der Waals surface area contributed by atoms with Crippen molar-refractivity contribution in [3.63, 3.8) is 0 Å². The van der Waals surface area contributed by atoms with Crippen molar-refractivity contribution < 1.29 is 9.59 Å². The van der Waals surface area contributed by atoms with Crippen LogP contribution >= 0.6 is 0 Å². The smallest absolute Gasteiger partial charge is 0.254 e. The van der Waals surface area contributed by atoms with Crippen molar-refractivity contribution in [1.82, 2.24) is 14.5 Å². The van der Waals surface area contributed by atoms with E-state index in [1.165, 1.54) is 0 Å². The van der Waals surface area contributed by atoms with Crippen molar-refractivity contribution in [2.24, 2.45) is 0 Å². The molecule has 4 rings (SSSR count). The standard InChI is InChI=1S/C27H34N4O2/c1-3-15-30-20-28-24-18-22(13-14-26(24)30)27(33)29-16-9-5-4-6-10-17-31(21(2)32)25-12-8-7-11-23(25)19-29/h7-8,11-14,18,20H,3-6,9-10,15-17,19H2,1-2H3. The molecular formula is C27H34N4O2. The molecule has 0 aliphatic carbocycles. The maximum absolute atomic E-state index is 13.6. The molecule has 174 valence electrons. The Balaban J connectivity index is 1.65. The van der Waals surface area contributed by atoms with E-state index in [-0.39, 0.29) is 11.8 Å². The maximum atomic E-state index is 13.6. The Morgan fingerprint density at radius 2 is 1.73 bits per heavy atom. The van der Waals surface area contributed by atoms with Gasteiger partial charge in [-0.1, -0.05) is 44.4 Å². The van der Waals surface area contributed by atoms with E-state index in [1.54, 1.807) is 6.92 Å². The topological polar surface area (TPSA) is 58.4 Å². The van der Waals surface area contributed by atoms with Crippen molar-refractivity contribution >= 4 is 28.5 Å². The lowest BCUT2D eigenvalue weighted by Gasteiger charge is -2.29. The van der Waals surface area contributed by atoms with Crippen LogP contribution in [0.5, 0.6) is 0 Å². The fourth-order valence-corrected chi connectivity index (χ4v) is 4.71. The third-order valence-corrected chi connectivity index (χ3v) is 6.45. The maximum Gasteiger partial charge on any atom is 0.254 e. The zero-order chi connectivity index (χ0) is 23.2. The molecule has 0 saturated carbocycles. The molecule has 0 bridgehead atoms. The average Bonchev–Trinajstić information content (AvgIpc) is 3.21. The number of benzene rings is 2. The third kappa shape index (κ3) is 5.27. The van der Waals surface area contributed by atoms with Crippen LogP contribution in [0.2, 0.25) is 0 Å². The first-order chi connectivity index (χ1) is 16.1. The van der Waals surface area contributed by atoms with Crippen LogP contribution in [0.3, 0.4) is 0 Å². The van der Waals surface area contributed by atoms with Gasteiger partial charge < -0.3 is 14.4 Å². The molecule has 0 saturated heterocycles. The Hall–Kier alpha value is -3.15. The predicted octanol–water partition coefficient (Wildman–Crippen LogP) is 5.41. The van der Waals surface area contributed by atoms with Gasteiger partial charge in [-0.3, -0.25) is 9.59 Å². The van der Waals surface area contributed by atoms with Gasteiger partial charge in [-0.05, 0) is 49.1 Å². The first kappa shape index (κ1) is 23.0. The summed E-state index contributed by atoms with van der Waals surface area (Å²) in [5.41, 5.74) is 4.50. The fourth-order valence-electron chi connectivity index (χ4n) is 4.71. The van der Waals surface area contributed by atoms with Crippen LogP contribution in [-0.4, -0.2) is 39.4 Å². The minimum atomic E-state index is 0.0168. The number of carbonyl (C=O) groups is 2. The van der Waals surface area contributed by atoms with E-state index >= 15 is 0 Å². The SMILES string of the molecule is CCCn1cnc2cc(C(=O)N3CCCCCCCN(C(C)=O)c4ccccc4C3)ccc21. The highest BCUT2D eigenvalue weighted by molar-refractivity contribution is 5.97. The summed E-state index contributed by atoms with van der Waals surface area (Å²) in [5, 5.41) is 0. The van der Waals surface area contributed by atoms with Crippen molar-refractivity contribution in [1.29, 1.82) is 0 Å². The Morgan fingerprint density at radius 1 is 0.970 bits per heavy atom. The van der Waals surface area contributed by atoms with E-state index in [0.29, 0.717) is 18.7 Å². The van der Waals surface area contributed by atoms with Crippen LogP contribution in [0.4, 0.5) is 5.69 Å². The predicted molar refractivity (Wildman–Crippen MR) is 132 cm³/mol. The lowest BCUT2D eigenvalue weighted by molar-refractivity contribution is -0.116. The van der Waals surface area contributed by atoms with E-state index in [0.717, 1.165) is 73.9 Å². The van der Waals surface area contributed by atoms with Gasteiger partial charge in [-0.2, -0.15) is 0 Å². The van der Waals surface area contributed by atoms with E-state index in [2.05, 4.69) is 16.5 Å². The second-order valence-corrected chi connectivity index (χ2v) is 8.94. The van der Waals surface area contributed by atoms with E-state index < -0.39 is 0 Å². The first-order valence-electron chi connectivity index (χ1n) is 12.2. The van der Waals surface area contributed by atoms with Gasteiger partial charge in [-0.25, -0.2) is 4.98 Å². The molecule has 0 unspecified atom stereocenters. The van der Waals surface area contributed by atoms with Crippen LogP contribution in [0.25, 0.3) is 11.0 Å². The average molecular weight is 447 g/mol. The largest absolute Gasteiger partial charge is 0.334 e. The molecule has 0 spiro atoms. The normalized spacial score (nSPS) is 15.6. The lowest BCUT2D eigenvalue weighted by atomic mass is 10.1. The van der Waals surface area contributed by atoms with Crippen LogP contribution < -0.4 is 4.90 Å². The minimum absolute atomic E-state index is 0.0168. The molecule has 0 radical (unpaired) electrons. The van der Waals surface area contributed by atoms with Gasteiger partial charge in [0, 0.05) is 44.4 Å². The third-order valence-electron chi connectivity index (χ3n) is 6.45. The van der Waals surface area contributed by atoms with Crippen molar-refractivity contribution in [3.8, 4) is 0 Å². The molecule has 1 aliphatic rings. The van der Waals surface area contributed by atoms with Crippen LogP contribution in [0.15, 0.2) is 48.8 Å². The Morgan fingerprint density at radius 3 is 2.52 bits per heavy atom. The van der Waals surface area contributed by atoms with Crippen LogP contribution in [0.1, 0.15) is 68.3 Å². The molecule has 2 aromatic carbocycles. The number of imidazole rings is 1. The molecular weight excluding hydrogens is 412 g/mol. The van der Waals surface area contributed by atoms with Gasteiger partial charge in [0.25, 0.3) is 5.91 Å². The number of para-hydroxylation sites is 1. The number of aryl methyl sites for hydroxylation is 1. The van der Waals surface area contributed by atoms with Gasteiger partial charge >= 0.3 is 0 Å². The van der Waals surface area contributed by atoms with Gasteiger partial charge in [0.15, 0.2) is 0 Å². The highest BCUT2D eigenvalue weighted by Gasteiger charge is 2.21. The molecule has 3 aromatic rings. The first-order valence-corrected chi connectivity index (χ1v) is 12.2. The Labute approximate surface area is 196 Å². The minimum Gasteiger partial charge on any atom is -0.334 e. The summed E-state index contributed by atoms with van der Waals surface area (Å²) in [5.74, 6) is 0.0636. The number of anilines is 1. The molecule has 1 aromatic heterocycles. The second-order valence-electron chi connectivity index (χ2n) is 8.94. The Bertz CT molecular complexity index is 1120. The number of hydrogen-bond acceptors (Lipinski definition) is 3. The van der Waals surface area contributed by atoms with Crippen molar-refractivity contribution in [3.05, 3.63) is 59.9 Å². The highest BCUT2D eigenvalue weighted by atomic mass is 16.2. The number of nitrogens with zero attached hydrogens (tertiary/aromatic N) is 4. The summed E-state index contributed by atoms with van der Waals surface area (Å²) in [6.45, 7) is 6.59. The van der Waals surface area contributed by atoms with E-state index in [1.807, 2.05) is 58.6 Å². The van der Waals surface area contributed by atoms with Gasteiger partial charge in [0.05, 0.1) is 17.4 Å². The number of rotatable bonds is 3. The van der Waals surface area contributed by atoms with Crippen molar-refractivity contribution in [2.75, 3.05) is 18.0 Å². The molecule has 0 fully saturated rings. The molecule has 0 N–H and O–H groups in total. The molecule has 2 heterocycles. The second kappa shape index (κ2) is 10.6. The number of aromatic nitrogens is 2. The monoisotopic (exact) mass is 446 g/mol. The fraction of sp³-hybridized carbons (Fsp3) is 0.444. The molecule has 1 aliphatic heterocycles. The molecule has 6 heteroatoms. The summed E-state index contributed by atoms with van der Waals surface area (Å²) in [6.07, 6.45) is 8.18. The summed E-state index contributed by atoms with van der Waals surface area (Å²) in [7, 11) is 0. The highest BCUT2D eigenvalue weighted by Crippen LogP contribution is 2.25. The molecule has 0 atom stereocenters. The summed E-state index contributed by atoms with van der Waals surface area (Å²) < 4.78 is 2.13. The quantitative estimate of drug-likeness (QED) is 0.541. The van der Waals surface area contributed by atoms with Gasteiger partial charge in [-0.15, -0.1) is 0 Å². The Kier molecular flexibility index (Phi) is 7.43. The lowest BCUT2D eigenvalue weighted by Crippen LogP contribution is -2.34. The number of hydrogen-bond donors (Lipinski definition) is 0. The summed E-state index contributed by atoms with van der Waals surface area (Å²) in [6, 6.07) is 13.8. The van der Waals surface area contributed by atoms with Gasteiger partial charge in [0.1, 0.15) is 0 Å². The molecule has 2 amide bonds. The zero-order valence-electron chi connectivity index (χ0n) is 19.8. The van der Waals surface area contributed by atoms with Crippen LogP contribution in [-0.2, 0) is 17.9 Å². The molecule has 6 nitrogen and oxygen atoms in total. The number of amides is 2. The number of carbonyl (C=O) groups excluding carboxylic acids is 2. The van der Waals surface area contributed by atoms with E-state index in [4.69, 9.17) is 0 Å². The van der Waals surface area contributed by atoms with Crippen LogP contribution in [0, 0.1) is 0 Å². The zero-order valence-corrected chi connectivity index (χ0v) is 19.8. The summed E-state index contributed by atoms with van der Waals surface area (Å²) in [4.78, 5) is 34.4. The van der Waals surface area contributed by atoms with Gasteiger partial charge in [0.2, 0.25) is 5.91 Å². The summed E-state index contributed by atoms with van der Waals surface area (Å²) >= 11 is 0. The molecule has 33 heavy (non-hydrogen) atoms. The van der Waals surface area contributed by atoms with E-state index in [9.17, 15) is 9.59 Å². The number of fused-ring (bicyclic) bond motifs is 2. The van der Waals surface area contributed by atoms with Crippen molar-refractivity contribution in [2.45, 2.75) is 65.5 Å².